The van der Waals surface area contributed by atoms with Gasteiger partial charge in [0.25, 0.3) is 0 Å². The fraction of sp³-hybridized carbons (Fsp3) is 0.261. The van der Waals surface area contributed by atoms with E-state index in [2.05, 4.69) is 15.6 Å². The minimum atomic E-state index is -0.276. The van der Waals surface area contributed by atoms with Gasteiger partial charge in [-0.2, -0.15) is 0 Å². The minimum absolute atomic E-state index is 0.0741. The van der Waals surface area contributed by atoms with Gasteiger partial charge in [0, 0.05) is 32.5 Å². The molecule has 0 aliphatic heterocycles. The number of carbonyl (C=O) groups is 2. The standard InChI is InChI=1S/C23H22ClN3O2S2/c1-2-20(31-16-7-5-6-15(12-16)25-21(28)14-10-11-14)22(29)27-23-26-19(13-30-23)17-8-3-4-9-18(17)24/h3-9,12-14,20H,2,10-11H2,1H3,(H,25,28)(H,26,27,29). The summed E-state index contributed by atoms with van der Waals surface area (Å²) in [6.45, 7) is 1.98. The van der Waals surface area contributed by atoms with Crippen LogP contribution < -0.4 is 10.6 Å². The van der Waals surface area contributed by atoms with Crippen LogP contribution in [0.25, 0.3) is 11.3 Å². The van der Waals surface area contributed by atoms with Crippen molar-refractivity contribution in [2.75, 3.05) is 10.6 Å². The molecule has 1 unspecified atom stereocenters. The number of halogens is 1. The third-order valence-electron chi connectivity index (χ3n) is 4.88. The van der Waals surface area contributed by atoms with Crippen LogP contribution in [0.2, 0.25) is 5.02 Å². The van der Waals surface area contributed by atoms with Crippen LogP contribution in [-0.4, -0.2) is 22.0 Å². The highest BCUT2D eigenvalue weighted by Crippen LogP contribution is 2.33. The molecule has 0 radical (unpaired) electrons. The lowest BCUT2D eigenvalue weighted by atomic mass is 10.2. The summed E-state index contributed by atoms with van der Waals surface area (Å²) in [5.74, 6) is 0.129. The molecule has 1 saturated carbocycles. The molecular weight excluding hydrogens is 450 g/mol. The van der Waals surface area contributed by atoms with Crippen molar-refractivity contribution in [3.05, 3.63) is 58.9 Å². The summed E-state index contributed by atoms with van der Waals surface area (Å²) in [6.07, 6.45) is 2.60. The molecule has 0 saturated heterocycles. The smallest absolute Gasteiger partial charge is 0.239 e. The number of thiazole rings is 1. The zero-order chi connectivity index (χ0) is 21.8. The van der Waals surface area contributed by atoms with E-state index in [-0.39, 0.29) is 23.0 Å². The number of nitrogens with one attached hydrogen (secondary N) is 2. The second-order valence-electron chi connectivity index (χ2n) is 7.31. The van der Waals surface area contributed by atoms with Crippen molar-refractivity contribution in [2.45, 2.75) is 36.3 Å². The first kappa shape index (κ1) is 21.9. The average Bonchev–Trinajstić information content (AvgIpc) is 3.52. The molecule has 1 aliphatic rings. The molecule has 31 heavy (non-hydrogen) atoms. The summed E-state index contributed by atoms with van der Waals surface area (Å²) < 4.78 is 0. The van der Waals surface area contributed by atoms with Gasteiger partial charge in [0.2, 0.25) is 11.8 Å². The number of nitrogens with zero attached hydrogens (tertiary/aromatic N) is 1. The Labute approximate surface area is 194 Å². The zero-order valence-electron chi connectivity index (χ0n) is 16.9. The number of aromatic nitrogens is 1. The van der Waals surface area contributed by atoms with E-state index in [0.717, 1.165) is 34.7 Å². The lowest BCUT2D eigenvalue weighted by molar-refractivity contribution is -0.117. The van der Waals surface area contributed by atoms with E-state index in [1.165, 1.54) is 23.1 Å². The summed E-state index contributed by atoms with van der Waals surface area (Å²) in [5, 5.41) is 8.67. The Morgan fingerprint density at radius 3 is 2.74 bits per heavy atom. The third kappa shape index (κ3) is 5.67. The van der Waals surface area contributed by atoms with Gasteiger partial charge in [0.15, 0.2) is 5.13 Å². The molecule has 8 heteroatoms. The summed E-state index contributed by atoms with van der Waals surface area (Å²) in [6, 6.07) is 15.1. The van der Waals surface area contributed by atoms with Gasteiger partial charge in [-0.1, -0.05) is 42.8 Å². The second-order valence-corrected chi connectivity index (χ2v) is 9.85. The molecule has 3 aromatic rings. The van der Waals surface area contributed by atoms with Crippen LogP contribution in [0.3, 0.4) is 0 Å². The SMILES string of the molecule is CCC(Sc1cccc(NC(=O)C2CC2)c1)C(=O)Nc1nc(-c2ccccc2Cl)cs1. The van der Waals surface area contributed by atoms with E-state index in [4.69, 9.17) is 11.6 Å². The molecule has 1 heterocycles. The van der Waals surface area contributed by atoms with Crippen molar-refractivity contribution in [1.29, 1.82) is 0 Å². The summed E-state index contributed by atoms with van der Waals surface area (Å²) >= 11 is 9.10. The monoisotopic (exact) mass is 471 g/mol. The van der Waals surface area contributed by atoms with Gasteiger partial charge < -0.3 is 10.6 Å². The molecule has 1 fully saturated rings. The first-order chi connectivity index (χ1) is 15.0. The average molecular weight is 472 g/mol. The number of hydrogen-bond donors (Lipinski definition) is 2. The van der Waals surface area contributed by atoms with Gasteiger partial charge in [-0.3, -0.25) is 9.59 Å². The van der Waals surface area contributed by atoms with Crippen LogP contribution >= 0.6 is 34.7 Å². The highest BCUT2D eigenvalue weighted by molar-refractivity contribution is 8.00. The Kier molecular flexibility index (Phi) is 6.95. The highest BCUT2D eigenvalue weighted by Gasteiger charge is 2.29. The number of carbonyl (C=O) groups excluding carboxylic acids is 2. The molecule has 4 rings (SSSR count). The number of rotatable bonds is 8. The fourth-order valence-electron chi connectivity index (χ4n) is 3.03. The van der Waals surface area contributed by atoms with Gasteiger partial charge in [-0.25, -0.2) is 4.98 Å². The molecule has 0 spiro atoms. The largest absolute Gasteiger partial charge is 0.326 e. The molecule has 5 nitrogen and oxygen atoms in total. The Balaban J connectivity index is 1.40. The van der Waals surface area contributed by atoms with E-state index in [0.29, 0.717) is 16.6 Å². The van der Waals surface area contributed by atoms with Crippen LogP contribution in [0.15, 0.2) is 58.8 Å². The van der Waals surface area contributed by atoms with Gasteiger partial charge in [0.1, 0.15) is 0 Å². The predicted molar refractivity (Wildman–Crippen MR) is 129 cm³/mol. The van der Waals surface area contributed by atoms with E-state index in [1.807, 2.05) is 60.8 Å². The van der Waals surface area contributed by atoms with Crippen molar-refractivity contribution in [2.24, 2.45) is 5.92 Å². The number of hydrogen-bond acceptors (Lipinski definition) is 5. The van der Waals surface area contributed by atoms with Crippen LogP contribution in [0.1, 0.15) is 26.2 Å². The van der Waals surface area contributed by atoms with E-state index < -0.39 is 0 Å². The van der Waals surface area contributed by atoms with Gasteiger partial charge in [-0.15, -0.1) is 23.1 Å². The molecule has 1 aromatic heterocycles. The van der Waals surface area contributed by atoms with Crippen molar-refractivity contribution >= 4 is 57.3 Å². The van der Waals surface area contributed by atoms with Crippen LogP contribution in [0.4, 0.5) is 10.8 Å². The zero-order valence-corrected chi connectivity index (χ0v) is 19.3. The summed E-state index contributed by atoms with van der Waals surface area (Å²) in [5.41, 5.74) is 2.35. The molecule has 1 atom stereocenters. The Bertz CT molecular complexity index is 1100. The van der Waals surface area contributed by atoms with Crippen molar-refractivity contribution in [3.63, 3.8) is 0 Å². The molecule has 1 aliphatic carbocycles. The van der Waals surface area contributed by atoms with Crippen molar-refractivity contribution in [1.82, 2.24) is 4.98 Å². The Morgan fingerprint density at radius 1 is 1.19 bits per heavy atom. The maximum absolute atomic E-state index is 12.9. The second kappa shape index (κ2) is 9.85. The maximum Gasteiger partial charge on any atom is 0.239 e. The summed E-state index contributed by atoms with van der Waals surface area (Å²) in [4.78, 5) is 30.3. The van der Waals surface area contributed by atoms with Crippen LogP contribution in [0, 0.1) is 5.92 Å². The van der Waals surface area contributed by atoms with Gasteiger partial charge >= 0.3 is 0 Å². The summed E-state index contributed by atoms with van der Waals surface area (Å²) in [7, 11) is 0. The fourth-order valence-corrected chi connectivity index (χ4v) is 4.99. The minimum Gasteiger partial charge on any atom is -0.326 e. The van der Waals surface area contributed by atoms with E-state index in [9.17, 15) is 9.59 Å². The molecule has 160 valence electrons. The van der Waals surface area contributed by atoms with Crippen molar-refractivity contribution in [3.8, 4) is 11.3 Å². The normalized spacial score (nSPS) is 14.1. The number of thioether (sulfide) groups is 1. The number of anilines is 2. The molecular formula is C23H22ClN3O2S2. The van der Waals surface area contributed by atoms with Gasteiger partial charge in [-0.05, 0) is 43.5 Å². The first-order valence-corrected chi connectivity index (χ1v) is 12.3. The number of benzene rings is 2. The Hall–Kier alpha value is -2.35. The lowest BCUT2D eigenvalue weighted by Gasteiger charge is -2.14. The number of amides is 2. The van der Waals surface area contributed by atoms with Crippen LogP contribution in [-0.2, 0) is 9.59 Å². The topological polar surface area (TPSA) is 71.1 Å². The van der Waals surface area contributed by atoms with Crippen LogP contribution in [0.5, 0.6) is 0 Å². The maximum atomic E-state index is 12.9. The highest BCUT2D eigenvalue weighted by atomic mass is 35.5. The lowest BCUT2D eigenvalue weighted by Crippen LogP contribution is -2.24. The quantitative estimate of drug-likeness (QED) is 0.377. The molecule has 2 N–H and O–H groups in total. The predicted octanol–water partition coefficient (Wildman–Crippen LogP) is 6.32. The first-order valence-electron chi connectivity index (χ1n) is 10.1. The van der Waals surface area contributed by atoms with Gasteiger partial charge in [0.05, 0.1) is 10.9 Å². The Morgan fingerprint density at radius 2 is 2.00 bits per heavy atom. The molecule has 2 aromatic carbocycles. The van der Waals surface area contributed by atoms with E-state index >= 15 is 0 Å². The van der Waals surface area contributed by atoms with E-state index in [1.54, 1.807) is 0 Å². The molecule has 0 bridgehead atoms. The molecule has 2 amide bonds. The van der Waals surface area contributed by atoms with Crippen molar-refractivity contribution < 1.29 is 9.59 Å². The third-order valence-corrected chi connectivity index (χ3v) is 7.32.